The molecule has 0 radical (unpaired) electrons. The van der Waals surface area contributed by atoms with E-state index in [1.54, 1.807) is 13.8 Å². The van der Waals surface area contributed by atoms with E-state index >= 15 is 0 Å². The molecule has 196 valence electrons. The predicted molar refractivity (Wildman–Crippen MR) is 125 cm³/mol. The lowest BCUT2D eigenvalue weighted by molar-refractivity contribution is -0.144. The molecule has 12 heteroatoms. The highest BCUT2D eigenvalue weighted by Crippen LogP contribution is 2.21. The second kappa shape index (κ2) is 12.0. The van der Waals surface area contributed by atoms with Crippen LogP contribution >= 0.6 is 0 Å². The molecule has 2 heterocycles. The van der Waals surface area contributed by atoms with Crippen molar-refractivity contribution in [3.63, 3.8) is 0 Å². The van der Waals surface area contributed by atoms with Gasteiger partial charge in [0, 0.05) is 6.54 Å². The van der Waals surface area contributed by atoms with Crippen LogP contribution in [0.25, 0.3) is 0 Å². The summed E-state index contributed by atoms with van der Waals surface area (Å²) in [6, 6.07) is -5.33. The number of aliphatic carboxylic acids is 1. The molecule has 2 saturated heterocycles. The van der Waals surface area contributed by atoms with E-state index in [1.807, 2.05) is 13.8 Å². The molecule has 0 aromatic heterocycles. The number of rotatable bonds is 5. The van der Waals surface area contributed by atoms with E-state index in [4.69, 9.17) is 0 Å². The first-order chi connectivity index (χ1) is 16.3. The highest BCUT2D eigenvalue weighted by atomic mass is 16.4. The summed E-state index contributed by atoms with van der Waals surface area (Å²) >= 11 is 0. The first-order valence-electron chi connectivity index (χ1n) is 12.1. The molecule has 2 fully saturated rings. The standard InChI is InChI=1S/C23H37N5O7/c1-11(2)9-14-21(33)27-18(12(3)4)23(35)28-8-6-7-16(28)22(34)26-15(10-17(29)30)20(32)24-13(5)19(31)25-14/h11-16,18H,6-10H2,1-5H3,(H,24,32)(H,25,31)(H,26,34)(H,27,33)(H,29,30)/t13-,14+,15-,16+,18-/m0/s1. The molecular formula is C23H37N5O7. The molecular weight excluding hydrogens is 458 g/mol. The Hall–Kier alpha value is -3.18. The van der Waals surface area contributed by atoms with E-state index in [-0.39, 0.29) is 18.4 Å². The Morgan fingerprint density at radius 1 is 0.914 bits per heavy atom. The molecule has 5 N–H and O–H groups in total. The number of hydrogen-bond donors (Lipinski definition) is 5. The van der Waals surface area contributed by atoms with Crippen LogP contribution in [-0.4, -0.2) is 82.3 Å². The molecule has 5 amide bonds. The van der Waals surface area contributed by atoms with Gasteiger partial charge < -0.3 is 31.3 Å². The minimum absolute atomic E-state index is 0.0379. The quantitative estimate of drug-likeness (QED) is 0.329. The van der Waals surface area contributed by atoms with Crippen molar-refractivity contribution in [3.05, 3.63) is 0 Å². The number of nitrogens with one attached hydrogen (secondary N) is 4. The lowest BCUT2D eigenvalue weighted by atomic mass is 9.99. The fraction of sp³-hybridized carbons (Fsp3) is 0.739. The Morgan fingerprint density at radius 2 is 1.51 bits per heavy atom. The summed E-state index contributed by atoms with van der Waals surface area (Å²) in [6.45, 7) is 8.99. The smallest absolute Gasteiger partial charge is 0.305 e. The van der Waals surface area contributed by atoms with Gasteiger partial charge in [-0.25, -0.2) is 0 Å². The van der Waals surface area contributed by atoms with Gasteiger partial charge in [-0.2, -0.15) is 0 Å². The van der Waals surface area contributed by atoms with Crippen LogP contribution in [0.15, 0.2) is 0 Å². The predicted octanol–water partition coefficient (Wildman–Crippen LogP) is -0.873. The molecule has 0 saturated carbocycles. The van der Waals surface area contributed by atoms with Gasteiger partial charge in [-0.15, -0.1) is 0 Å². The minimum atomic E-state index is -1.44. The summed E-state index contributed by atoms with van der Waals surface area (Å²) in [6.07, 6.45) is 0.480. The molecule has 2 aliphatic rings. The highest BCUT2D eigenvalue weighted by Gasteiger charge is 2.41. The summed E-state index contributed by atoms with van der Waals surface area (Å²) in [7, 11) is 0. The molecule has 2 aliphatic heterocycles. The second-order valence-electron chi connectivity index (χ2n) is 10.00. The molecule has 0 unspecified atom stereocenters. The topological polar surface area (TPSA) is 174 Å². The van der Waals surface area contributed by atoms with Gasteiger partial charge in [0.1, 0.15) is 30.2 Å². The maximum absolute atomic E-state index is 13.4. The van der Waals surface area contributed by atoms with Crippen molar-refractivity contribution in [2.75, 3.05) is 6.54 Å². The highest BCUT2D eigenvalue weighted by molar-refractivity contribution is 5.98. The van der Waals surface area contributed by atoms with Crippen molar-refractivity contribution in [3.8, 4) is 0 Å². The zero-order chi connectivity index (χ0) is 26.4. The lowest BCUT2D eigenvalue weighted by Gasteiger charge is -2.32. The average molecular weight is 496 g/mol. The van der Waals surface area contributed by atoms with Crippen molar-refractivity contribution < 1.29 is 33.9 Å². The third-order valence-corrected chi connectivity index (χ3v) is 6.17. The van der Waals surface area contributed by atoms with Crippen molar-refractivity contribution in [2.24, 2.45) is 11.8 Å². The maximum Gasteiger partial charge on any atom is 0.305 e. The zero-order valence-corrected chi connectivity index (χ0v) is 20.9. The molecule has 0 bridgehead atoms. The van der Waals surface area contributed by atoms with Crippen LogP contribution in [-0.2, 0) is 28.8 Å². The van der Waals surface area contributed by atoms with Crippen molar-refractivity contribution in [2.45, 2.75) is 90.5 Å². The van der Waals surface area contributed by atoms with Gasteiger partial charge in [0.05, 0.1) is 6.42 Å². The Labute approximate surface area is 204 Å². The number of nitrogens with zero attached hydrogens (tertiary/aromatic N) is 1. The number of carbonyl (C=O) groups excluding carboxylic acids is 5. The van der Waals surface area contributed by atoms with Crippen LogP contribution in [0.3, 0.4) is 0 Å². The van der Waals surface area contributed by atoms with E-state index in [9.17, 15) is 33.9 Å². The summed E-state index contributed by atoms with van der Waals surface area (Å²) < 4.78 is 0. The Balaban J connectivity index is 2.47. The Kier molecular flexibility index (Phi) is 9.61. The Bertz CT molecular complexity index is 859. The van der Waals surface area contributed by atoms with E-state index in [2.05, 4.69) is 21.3 Å². The molecule has 0 aliphatic carbocycles. The molecule has 0 aromatic rings. The summed E-state index contributed by atoms with van der Waals surface area (Å²) in [5.74, 6) is -4.71. The van der Waals surface area contributed by atoms with E-state index in [0.29, 0.717) is 19.3 Å². The first-order valence-corrected chi connectivity index (χ1v) is 12.1. The van der Waals surface area contributed by atoms with Crippen LogP contribution in [0, 0.1) is 11.8 Å². The van der Waals surface area contributed by atoms with Crippen LogP contribution in [0.2, 0.25) is 0 Å². The van der Waals surface area contributed by atoms with Crippen LogP contribution < -0.4 is 21.3 Å². The molecule has 2 rings (SSSR count). The fourth-order valence-electron chi connectivity index (χ4n) is 4.28. The number of fused-ring (bicyclic) bond motifs is 1. The van der Waals surface area contributed by atoms with Gasteiger partial charge in [0.25, 0.3) is 0 Å². The average Bonchev–Trinajstić information content (AvgIpc) is 3.24. The van der Waals surface area contributed by atoms with Gasteiger partial charge >= 0.3 is 5.97 Å². The van der Waals surface area contributed by atoms with Crippen molar-refractivity contribution in [1.29, 1.82) is 0 Å². The van der Waals surface area contributed by atoms with Gasteiger partial charge in [0.15, 0.2) is 0 Å². The minimum Gasteiger partial charge on any atom is -0.481 e. The zero-order valence-electron chi connectivity index (χ0n) is 20.9. The number of carboxylic acids is 1. The van der Waals surface area contributed by atoms with Gasteiger partial charge in [-0.05, 0) is 38.0 Å². The monoisotopic (exact) mass is 495 g/mol. The van der Waals surface area contributed by atoms with Crippen molar-refractivity contribution in [1.82, 2.24) is 26.2 Å². The summed E-state index contributed by atoms with van der Waals surface area (Å²) in [5, 5.41) is 19.5. The number of carbonyl (C=O) groups is 6. The third-order valence-electron chi connectivity index (χ3n) is 6.17. The van der Waals surface area contributed by atoms with E-state index in [0.717, 1.165) is 0 Å². The maximum atomic E-state index is 13.4. The molecule has 12 nitrogen and oxygen atoms in total. The van der Waals surface area contributed by atoms with Crippen LogP contribution in [0.5, 0.6) is 0 Å². The Morgan fingerprint density at radius 3 is 2.09 bits per heavy atom. The second-order valence-corrected chi connectivity index (χ2v) is 10.00. The SMILES string of the molecule is CC(C)C[C@H]1NC(=O)[C@H](C)NC(=O)[C@H](CC(=O)O)NC(=O)[C@H]2CCCN2C(=O)[C@H](C(C)C)NC1=O. The largest absolute Gasteiger partial charge is 0.481 e. The van der Waals surface area contributed by atoms with Crippen molar-refractivity contribution >= 4 is 35.5 Å². The number of carboxylic acid groups (broad SMARTS) is 1. The fourth-order valence-corrected chi connectivity index (χ4v) is 4.28. The summed E-state index contributed by atoms with van der Waals surface area (Å²) in [5.41, 5.74) is 0. The normalized spacial score (nSPS) is 29.1. The molecule has 5 atom stereocenters. The van der Waals surface area contributed by atoms with E-state index in [1.165, 1.54) is 11.8 Å². The molecule has 0 aromatic carbocycles. The van der Waals surface area contributed by atoms with Crippen LogP contribution in [0.4, 0.5) is 0 Å². The number of amides is 5. The molecule has 0 spiro atoms. The third kappa shape index (κ3) is 7.40. The number of hydrogen-bond acceptors (Lipinski definition) is 6. The van der Waals surface area contributed by atoms with Crippen LogP contribution in [0.1, 0.15) is 60.3 Å². The van der Waals surface area contributed by atoms with E-state index < -0.39 is 72.1 Å². The van der Waals surface area contributed by atoms with Gasteiger partial charge in [-0.3, -0.25) is 28.8 Å². The lowest BCUT2D eigenvalue weighted by Crippen LogP contribution is -2.58. The summed E-state index contributed by atoms with van der Waals surface area (Å²) in [4.78, 5) is 77.9. The molecule has 35 heavy (non-hydrogen) atoms. The first kappa shape index (κ1) is 28.1. The van der Waals surface area contributed by atoms with Gasteiger partial charge in [-0.1, -0.05) is 27.7 Å². The van der Waals surface area contributed by atoms with Gasteiger partial charge in [0.2, 0.25) is 29.5 Å².